The SMILES string of the molecule is CCCC1CC1NC(C)CC(=O)OC. The molecule has 0 radical (unpaired) electrons. The molecule has 1 fully saturated rings. The predicted octanol–water partition coefficient (Wildman–Crippen LogP) is 1.72. The predicted molar refractivity (Wildman–Crippen MR) is 56.0 cm³/mol. The molecule has 0 amide bonds. The minimum absolute atomic E-state index is 0.127. The van der Waals surface area contributed by atoms with Crippen LogP contribution >= 0.6 is 0 Å². The molecule has 3 heteroatoms. The van der Waals surface area contributed by atoms with Gasteiger partial charge in [0, 0.05) is 12.1 Å². The number of esters is 1. The molecule has 1 saturated carbocycles. The van der Waals surface area contributed by atoms with E-state index in [1.54, 1.807) is 0 Å². The van der Waals surface area contributed by atoms with Gasteiger partial charge >= 0.3 is 5.97 Å². The number of ether oxygens (including phenoxy) is 1. The highest BCUT2D eigenvalue weighted by Crippen LogP contribution is 2.34. The Bertz CT molecular complexity index is 194. The van der Waals surface area contributed by atoms with E-state index < -0.39 is 0 Å². The normalized spacial score (nSPS) is 27.1. The van der Waals surface area contributed by atoms with Crippen molar-refractivity contribution in [2.75, 3.05) is 7.11 Å². The Labute approximate surface area is 86.2 Å². The first-order valence-corrected chi connectivity index (χ1v) is 5.50. The Morgan fingerprint density at radius 2 is 2.36 bits per heavy atom. The van der Waals surface area contributed by atoms with Crippen LogP contribution in [0.1, 0.15) is 39.5 Å². The summed E-state index contributed by atoms with van der Waals surface area (Å²) in [7, 11) is 1.44. The van der Waals surface area contributed by atoms with Crippen molar-refractivity contribution in [3.05, 3.63) is 0 Å². The van der Waals surface area contributed by atoms with Gasteiger partial charge in [0.15, 0.2) is 0 Å². The van der Waals surface area contributed by atoms with Gasteiger partial charge in [0.05, 0.1) is 13.5 Å². The van der Waals surface area contributed by atoms with E-state index in [4.69, 9.17) is 0 Å². The lowest BCUT2D eigenvalue weighted by Gasteiger charge is -2.11. The lowest BCUT2D eigenvalue weighted by molar-refractivity contribution is -0.141. The summed E-state index contributed by atoms with van der Waals surface area (Å²) in [6.45, 7) is 4.26. The molecule has 0 aromatic carbocycles. The second-order valence-corrected chi connectivity index (χ2v) is 4.24. The minimum Gasteiger partial charge on any atom is -0.469 e. The fraction of sp³-hybridized carbons (Fsp3) is 0.909. The number of carbonyl (C=O) groups is 1. The molecule has 3 unspecified atom stereocenters. The van der Waals surface area contributed by atoms with Gasteiger partial charge in [-0.3, -0.25) is 4.79 Å². The second-order valence-electron chi connectivity index (χ2n) is 4.24. The maximum Gasteiger partial charge on any atom is 0.307 e. The van der Waals surface area contributed by atoms with Crippen LogP contribution in [0.3, 0.4) is 0 Å². The van der Waals surface area contributed by atoms with E-state index in [2.05, 4.69) is 17.0 Å². The summed E-state index contributed by atoms with van der Waals surface area (Å²) in [4.78, 5) is 11.0. The lowest BCUT2D eigenvalue weighted by Crippen LogP contribution is -2.31. The summed E-state index contributed by atoms with van der Waals surface area (Å²) in [5.41, 5.74) is 0. The summed E-state index contributed by atoms with van der Waals surface area (Å²) in [5, 5.41) is 3.45. The molecule has 1 rings (SSSR count). The van der Waals surface area contributed by atoms with Crippen LogP contribution in [0.5, 0.6) is 0 Å². The van der Waals surface area contributed by atoms with Crippen LogP contribution in [0.15, 0.2) is 0 Å². The topological polar surface area (TPSA) is 38.3 Å². The monoisotopic (exact) mass is 199 g/mol. The number of nitrogens with one attached hydrogen (secondary N) is 1. The number of hydrogen-bond acceptors (Lipinski definition) is 3. The molecular formula is C11H21NO2. The molecule has 3 nitrogen and oxygen atoms in total. The van der Waals surface area contributed by atoms with Crippen LogP contribution in [0.4, 0.5) is 0 Å². The summed E-state index contributed by atoms with van der Waals surface area (Å²) < 4.78 is 4.62. The van der Waals surface area contributed by atoms with Crippen molar-refractivity contribution in [3.8, 4) is 0 Å². The molecule has 0 aromatic heterocycles. The van der Waals surface area contributed by atoms with Crippen LogP contribution in [-0.2, 0) is 9.53 Å². The zero-order valence-corrected chi connectivity index (χ0v) is 9.38. The molecule has 0 bridgehead atoms. The highest BCUT2D eigenvalue weighted by atomic mass is 16.5. The third kappa shape index (κ3) is 3.66. The van der Waals surface area contributed by atoms with Crippen molar-refractivity contribution in [2.24, 2.45) is 5.92 Å². The quantitative estimate of drug-likeness (QED) is 0.662. The van der Waals surface area contributed by atoms with Gasteiger partial charge in [0.1, 0.15) is 0 Å². The zero-order chi connectivity index (χ0) is 10.6. The molecule has 1 aliphatic rings. The first-order chi connectivity index (χ1) is 6.67. The van der Waals surface area contributed by atoms with E-state index in [-0.39, 0.29) is 12.0 Å². The summed E-state index contributed by atoms with van der Waals surface area (Å²) in [6, 6.07) is 0.893. The Morgan fingerprint density at radius 1 is 1.64 bits per heavy atom. The van der Waals surface area contributed by atoms with Crippen molar-refractivity contribution in [2.45, 2.75) is 51.6 Å². The van der Waals surface area contributed by atoms with Crippen LogP contribution in [0, 0.1) is 5.92 Å². The van der Waals surface area contributed by atoms with Crippen LogP contribution in [-0.4, -0.2) is 25.2 Å². The van der Waals surface area contributed by atoms with Crippen molar-refractivity contribution in [3.63, 3.8) is 0 Å². The van der Waals surface area contributed by atoms with E-state index >= 15 is 0 Å². The Balaban J connectivity index is 2.10. The van der Waals surface area contributed by atoms with Gasteiger partial charge in [-0.05, 0) is 25.7 Å². The van der Waals surface area contributed by atoms with Gasteiger partial charge in [-0.1, -0.05) is 13.3 Å². The molecule has 0 aliphatic heterocycles. The number of hydrogen-bond donors (Lipinski definition) is 1. The Kier molecular flexibility index (Phi) is 4.39. The maximum atomic E-state index is 11.0. The van der Waals surface area contributed by atoms with Gasteiger partial charge in [-0.2, -0.15) is 0 Å². The van der Waals surface area contributed by atoms with E-state index in [1.807, 2.05) is 6.92 Å². The molecule has 0 spiro atoms. The summed E-state index contributed by atoms with van der Waals surface area (Å²) in [6.07, 6.45) is 4.32. The van der Waals surface area contributed by atoms with Gasteiger partial charge in [0.2, 0.25) is 0 Å². The highest BCUT2D eigenvalue weighted by molar-refractivity contribution is 5.69. The third-order valence-electron chi connectivity index (χ3n) is 2.78. The average Bonchev–Trinajstić information content (AvgIpc) is 2.83. The van der Waals surface area contributed by atoms with E-state index in [9.17, 15) is 4.79 Å². The molecule has 14 heavy (non-hydrogen) atoms. The van der Waals surface area contributed by atoms with Crippen LogP contribution in [0.25, 0.3) is 0 Å². The van der Waals surface area contributed by atoms with E-state index in [0.717, 1.165) is 5.92 Å². The number of rotatable bonds is 6. The molecule has 1 aliphatic carbocycles. The van der Waals surface area contributed by atoms with Gasteiger partial charge in [-0.25, -0.2) is 0 Å². The third-order valence-corrected chi connectivity index (χ3v) is 2.78. The van der Waals surface area contributed by atoms with Crippen molar-refractivity contribution in [1.29, 1.82) is 0 Å². The average molecular weight is 199 g/mol. The smallest absolute Gasteiger partial charge is 0.307 e. The second kappa shape index (κ2) is 5.35. The van der Waals surface area contributed by atoms with Crippen molar-refractivity contribution in [1.82, 2.24) is 5.32 Å². The van der Waals surface area contributed by atoms with Crippen LogP contribution in [0.2, 0.25) is 0 Å². The van der Waals surface area contributed by atoms with Crippen molar-refractivity contribution >= 4 is 5.97 Å². The molecule has 0 aromatic rings. The molecule has 1 N–H and O–H groups in total. The fourth-order valence-electron chi connectivity index (χ4n) is 1.90. The van der Waals surface area contributed by atoms with Gasteiger partial charge in [0.25, 0.3) is 0 Å². The van der Waals surface area contributed by atoms with Crippen molar-refractivity contribution < 1.29 is 9.53 Å². The fourth-order valence-corrected chi connectivity index (χ4v) is 1.90. The summed E-state index contributed by atoms with van der Waals surface area (Å²) >= 11 is 0. The molecule has 0 heterocycles. The Morgan fingerprint density at radius 3 is 2.93 bits per heavy atom. The summed E-state index contributed by atoms with van der Waals surface area (Å²) in [5.74, 6) is 0.720. The largest absolute Gasteiger partial charge is 0.469 e. The van der Waals surface area contributed by atoms with Gasteiger partial charge in [-0.15, -0.1) is 0 Å². The minimum atomic E-state index is -0.127. The van der Waals surface area contributed by atoms with E-state index in [0.29, 0.717) is 12.5 Å². The van der Waals surface area contributed by atoms with E-state index in [1.165, 1.54) is 26.4 Å². The lowest BCUT2D eigenvalue weighted by atomic mass is 10.2. The standard InChI is InChI=1S/C11H21NO2/c1-4-5-9-7-10(9)12-8(2)6-11(13)14-3/h8-10,12H,4-7H2,1-3H3. The molecular weight excluding hydrogens is 178 g/mol. The van der Waals surface area contributed by atoms with Crippen LogP contribution < -0.4 is 5.32 Å². The number of methoxy groups -OCH3 is 1. The first kappa shape index (κ1) is 11.5. The zero-order valence-electron chi connectivity index (χ0n) is 9.38. The molecule has 0 saturated heterocycles. The Hall–Kier alpha value is -0.570. The molecule has 3 atom stereocenters. The number of carbonyl (C=O) groups excluding carboxylic acids is 1. The highest BCUT2D eigenvalue weighted by Gasteiger charge is 2.36. The molecule has 82 valence electrons. The maximum absolute atomic E-state index is 11.0. The van der Waals surface area contributed by atoms with Gasteiger partial charge < -0.3 is 10.1 Å². The first-order valence-electron chi connectivity index (χ1n) is 5.50.